The smallest absolute Gasteiger partial charge is 0.417 e. The summed E-state index contributed by atoms with van der Waals surface area (Å²) < 4.78 is 50.6. The lowest BCUT2D eigenvalue weighted by molar-refractivity contribution is -0.136. The van der Waals surface area contributed by atoms with Gasteiger partial charge in [-0.05, 0) is 35.9 Å². The van der Waals surface area contributed by atoms with E-state index in [9.17, 15) is 22.8 Å². The second kappa shape index (κ2) is 8.08. The number of amides is 2. The van der Waals surface area contributed by atoms with Gasteiger partial charge in [-0.15, -0.1) is 0 Å². The molecule has 1 aromatic heterocycles. The molecule has 0 aliphatic carbocycles. The highest BCUT2D eigenvalue weighted by Crippen LogP contribution is 2.34. The lowest BCUT2D eigenvalue weighted by atomic mass is 10.1. The van der Waals surface area contributed by atoms with Gasteiger partial charge in [0.05, 0.1) is 19.2 Å². The summed E-state index contributed by atoms with van der Waals surface area (Å²) in [4.78, 5) is 23.7. The number of fused-ring (bicyclic) bond motifs is 1. The molecule has 6 nitrogen and oxygen atoms in total. The zero-order chi connectivity index (χ0) is 21.2. The number of thiol groups is 1. The van der Waals surface area contributed by atoms with Gasteiger partial charge in [-0.1, -0.05) is 24.9 Å². The number of alkyl halides is 3. The SMILES string of the molecule is COc1ccc(CN(S)C(=O)Nc2ccc3oc(=O)cc(C(F)(F)F)c3c2)cc1. The van der Waals surface area contributed by atoms with Gasteiger partial charge < -0.3 is 14.5 Å². The van der Waals surface area contributed by atoms with Gasteiger partial charge in [-0.3, -0.25) is 4.31 Å². The molecule has 0 aliphatic heterocycles. The number of nitrogens with zero attached hydrogens (tertiary/aromatic N) is 1. The first-order valence-corrected chi connectivity index (χ1v) is 8.63. The van der Waals surface area contributed by atoms with Crippen LogP contribution in [0.4, 0.5) is 23.7 Å². The van der Waals surface area contributed by atoms with Crippen LogP contribution in [0.3, 0.4) is 0 Å². The van der Waals surface area contributed by atoms with Crippen LogP contribution < -0.4 is 15.7 Å². The number of ether oxygens (including phenoxy) is 1. The van der Waals surface area contributed by atoms with Crippen molar-refractivity contribution in [3.63, 3.8) is 0 Å². The molecule has 3 rings (SSSR count). The summed E-state index contributed by atoms with van der Waals surface area (Å²) in [5, 5.41) is 2.13. The van der Waals surface area contributed by atoms with Crippen molar-refractivity contribution in [2.75, 3.05) is 12.4 Å². The molecule has 0 atom stereocenters. The molecular formula is C19H15F3N2O4S. The van der Waals surface area contributed by atoms with Gasteiger partial charge in [-0.25, -0.2) is 9.59 Å². The van der Waals surface area contributed by atoms with Gasteiger partial charge >= 0.3 is 17.8 Å². The molecular weight excluding hydrogens is 409 g/mol. The Morgan fingerprint density at radius 2 is 1.86 bits per heavy atom. The summed E-state index contributed by atoms with van der Waals surface area (Å²) in [5.74, 6) is 0.659. The average Bonchev–Trinajstić information content (AvgIpc) is 2.67. The first-order chi connectivity index (χ1) is 13.7. The fraction of sp³-hybridized carbons (Fsp3) is 0.158. The first kappa shape index (κ1) is 20.6. The molecule has 0 saturated heterocycles. The largest absolute Gasteiger partial charge is 0.497 e. The van der Waals surface area contributed by atoms with E-state index >= 15 is 0 Å². The zero-order valence-electron chi connectivity index (χ0n) is 15.0. The summed E-state index contributed by atoms with van der Waals surface area (Å²) in [6.07, 6.45) is -4.75. The highest BCUT2D eigenvalue weighted by Gasteiger charge is 2.34. The van der Waals surface area contributed by atoms with E-state index in [1.165, 1.54) is 19.2 Å². The maximum atomic E-state index is 13.2. The molecule has 0 saturated carbocycles. The van der Waals surface area contributed by atoms with Crippen molar-refractivity contribution in [2.24, 2.45) is 0 Å². The monoisotopic (exact) mass is 424 g/mol. The van der Waals surface area contributed by atoms with Gasteiger partial charge in [0.1, 0.15) is 11.3 Å². The normalized spacial score (nSPS) is 11.3. The van der Waals surface area contributed by atoms with Crippen LogP contribution in [0.5, 0.6) is 5.75 Å². The second-order valence-electron chi connectivity index (χ2n) is 6.02. The number of anilines is 1. The Morgan fingerprint density at radius 3 is 2.48 bits per heavy atom. The lowest BCUT2D eigenvalue weighted by Crippen LogP contribution is -2.26. The number of hydrogen-bond donors (Lipinski definition) is 2. The molecule has 0 unspecified atom stereocenters. The maximum Gasteiger partial charge on any atom is 0.417 e. The quantitative estimate of drug-likeness (QED) is 0.471. The number of nitrogens with one attached hydrogen (secondary N) is 1. The standard InChI is InChI=1S/C19H15F3N2O4S/c1-27-13-5-2-11(3-6-13)10-24(29)18(26)23-12-4-7-16-14(8-12)15(19(20,21)22)9-17(25)28-16/h2-9,29H,10H2,1H3,(H,23,26). The van der Waals surface area contributed by atoms with Crippen LogP contribution >= 0.6 is 12.8 Å². The fourth-order valence-electron chi connectivity index (χ4n) is 2.64. The highest BCUT2D eigenvalue weighted by atomic mass is 32.1. The molecule has 29 heavy (non-hydrogen) atoms. The topological polar surface area (TPSA) is 71.8 Å². The molecule has 0 bridgehead atoms. The molecule has 0 fully saturated rings. The number of carbonyl (C=O) groups excluding carboxylic acids is 1. The van der Waals surface area contributed by atoms with Crippen LogP contribution in [-0.4, -0.2) is 17.4 Å². The van der Waals surface area contributed by atoms with E-state index < -0.39 is 23.4 Å². The van der Waals surface area contributed by atoms with E-state index in [2.05, 4.69) is 18.1 Å². The molecule has 3 aromatic rings. The van der Waals surface area contributed by atoms with Crippen LogP contribution in [0.1, 0.15) is 11.1 Å². The maximum absolute atomic E-state index is 13.2. The molecule has 10 heteroatoms. The third-order valence-corrected chi connectivity index (χ3v) is 4.35. The van der Waals surface area contributed by atoms with Crippen LogP contribution in [0.25, 0.3) is 11.0 Å². The predicted molar refractivity (Wildman–Crippen MR) is 104 cm³/mol. The molecule has 0 spiro atoms. The molecule has 1 heterocycles. The number of halogens is 3. The van der Waals surface area contributed by atoms with Gasteiger partial charge in [0.15, 0.2) is 0 Å². The van der Waals surface area contributed by atoms with E-state index in [1.54, 1.807) is 24.3 Å². The number of methoxy groups -OCH3 is 1. The Morgan fingerprint density at radius 1 is 1.17 bits per heavy atom. The van der Waals surface area contributed by atoms with Gasteiger partial charge in [0, 0.05) is 17.1 Å². The Bertz CT molecular complexity index is 1100. The van der Waals surface area contributed by atoms with Crippen LogP contribution in [0.2, 0.25) is 0 Å². The number of hydrogen-bond acceptors (Lipinski definition) is 5. The minimum atomic E-state index is -4.75. The Labute approximate surface area is 168 Å². The number of rotatable bonds is 4. The van der Waals surface area contributed by atoms with Crippen molar-refractivity contribution in [3.8, 4) is 5.75 Å². The summed E-state index contributed by atoms with van der Waals surface area (Å²) >= 11 is 4.12. The summed E-state index contributed by atoms with van der Waals surface area (Å²) in [5.41, 5.74) is -1.61. The van der Waals surface area contributed by atoms with Crippen molar-refractivity contribution in [3.05, 3.63) is 70.1 Å². The second-order valence-corrected chi connectivity index (χ2v) is 6.51. The highest BCUT2D eigenvalue weighted by molar-refractivity contribution is 7.78. The molecule has 1 N–H and O–H groups in total. The van der Waals surface area contributed by atoms with Crippen molar-refractivity contribution < 1.29 is 27.1 Å². The van der Waals surface area contributed by atoms with Crippen molar-refractivity contribution in [1.29, 1.82) is 0 Å². The number of urea groups is 1. The minimum Gasteiger partial charge on any atom is -0.497 e. The number of carbonyl (C=O) groups is 1. The Balaban J connectivity index is 1.80. The zero-order valence-corrected chi connectivity index (χ0v) is 15.9. The van der Waals surface area contributed by atoms with Gasteiger partial charge in [-0.2, -0.15) is 13.2 Å². The van der Waals surface area contributed by atoms with Crippen LogP contribution in [0.15, 0.2) is 57.7 Å². The fourth-order valence-corrected chi connectivity index (χ4v) is 2.85. The summed E-state index contributed by atoms with van der Waals surface area (Å²) in [7, 11) is 1.53. The number of benzene rings is 2. The Hall–Kier alpha value is -3.14. The molecule has 0 radical (unpaired) electrons. The Kier molecular flexibility index (Phi) is 5.73. The van der Waals surface area contributed by atoms with E-state index in [4.69, 9.17) is 9.15 Å². The van der Waals surface area contributed by atoms with Crippen LogP contribution in [0, 0.1) is 0 Å². The predicted octanol–water partition coefficient (Wildman–Crippen LogP) is 4.70. The van der Waals surface area contributed by atoms with Crippen molar-refractivity contribution >= 4 is 35.5 Å². The lowest BCUT2D eigenvalue weighted by Gasteiger charge is -2.17. The van der Waals surface area contributed by atoms with E-state index in [0.29, 0.717) is 11.8 Å². The molecule has 2 aromatic carbocycles. The third kappa shape index (κ3) is 4.83. The van der Waals surface area contributed by atoms with E-state index in [1.807, 2.05) is 0 Å². The van der Waals surface area contributed by atoms with Crippen molar-refractivity contribution in [1.82, 2.24) is 4.31 Å². The third-order valence-electron chi connectivity index (χ3n) is 4.02. The minimum absolute atomic E-state index is 0.0932. The molecule has 2 amide bonds. The summed E-state index contributed by atoms with van der Waals surface area (Å²) in [6, 6.07) is 10.3. The summed E-state index contributed by atoms with van der Waals surface area (Å²) in [6.45, 7) is 0.148. The van der Waals surface area contributed by atoms with Gasteiger partial charge in [0.2, 0.25) is 0 Å². The van der Waals surface area contributed by atoms with E-state index in [-0.39, 0.29) is 23.2 Å². The van der Waals surface area contributed by atoms with Crippen LogP contribution in [-0.2, 0) is 12.7 Å². The first-order valence-electron chi connectivity index (χ1n) is 8.23. The van der Waals surface area contributed by atoms with E-state index in [0.717, 1.165) is 15.9 Å². The average molecular weight is 424 g/mol. The molecule has 0 aliphatic rings. The van der Waals surface area contributed by atoms with Gasteiger partial charge in [0.25, 0.3) is 0 Å². The van der Waals surface area contributed by atoms with Crippen molar-refractivity contribution in [2.45, 2.75) is 12.7 Å². The molecule has 152 valence electrons.